The number of amides is 2. The summed E-state index contributed by atoms with van der Waals surface area (Å²) in [6, 6.07) is 11.1. The Balaban J connectivity index is 0.000000447. The van der Waals surface area contributed by atoms with Crippen LogP contribution in [0.5, 0.6) is 5.75 Å². The van der Waals surface area contributed by atoms with E-state index in [2.05, 4.69) is 16.0 Å². The molecule has 1 fully saturated rings. The standard InChI is InChI=1S/C20H29FN2O3.C7H7F.C5H12N2O/c1-3-15-7-8-17(21)13-19(15)26-12-9-22-18(16-5-4-6-16)14-20(25)23(2)10-11-24;1-6-2-4-7(8)5-3-6;1-3-7-5(8)4-6-2/h7-8,11,13,16,18,22H,3-6,9-10,12,14H2,1-2H3;2-5H,1H3;6H,3-4H2,1-2H3,(H,7,8). The summed E-state index contributed by atoms with van der Waals surface area (Å²) in [5.74, 6) is 0.618. The number of ether oxygens (including phenoxy) is 1. The van der Waals surface area contributed by atoms with E-state index in [1.165, 1.54) is 35.6 Å². The van der Waals surface area contributed by atoms with E-state index in [1.807, 2.05) is 20.8 Å². The molecular formula is C32H48F2N4O4. The van der Waals surface area contributed by atoms with Crippen LogP contribution in [0.3, 0.4) is 0 Å². The lowest BCUT2D eigenvalue weighted by Crippen LogP contribution is -2.45. The smallest absolute Gasteiger partial charge is 0.233 e. The Kier molecular flexibility index (Phi) is 18.6. The van der Waals surface area contributed by atoms with Crippen LogP contribution in [-0.4, -0.2) is 75.9 Å². The Bertz CT molecular complexity index is 1040. The number of benzene rings is 2. The van der Waals surface area contributed by atoms with Crippen molar-refractivity contribution < 1.29 is 27.9 Å². The zero-order chi connectivity index (χ0) is 31.3. The molecule has 0 aliphatic heterocycles. The average Bonchev–Trinajstić information content (AvgIpc) is 2.93. The highest BCUT2D eigenvalue weighted by Crippen LogP contribution is 2.31. The monoisotopic (exact) mass is 590 g/mol. The molecule has 1 atom stereocenters. The summed E-state index contributed by atoms with van der Waals surface area (Å²) in [5.41, 5.74) is 2.07. The number of hydrogen-bond acceptors (Lipinski definition) is 6. The van der Waals surface area contributed by atoms with Gasteiger partial charge in [-0.05, 0) is 69.8 Å². The summed E-state index contributed by atoms with van der Waals surface area (Å²) in [7, 11) is 3.39. The number of rotatable bonds is 14. The first-order valence-corrected chi connectivity index (χ1v) is 14.6. The molecule has 0 saturated heterocycles. The van der Waals surface area contributed by atoms with Crippen molar-refractivity contribution in [2.75, 3.05) is 46.9 Å². The predicted octanol–water partition coefficient (Wildman–Crippen LogP) is 4.05. The van der Waals surface area contributed by atoms with Gasteiger partial charge in [-0.2, -0.15) is 0 Å². The normalized spacial score (nSPS) is 12.8. The number of carbonyl (C=O) groups is 3. The fourth-order valence-electron chi connectivity index (χ4n) is 4.12. The number of aryl methyl sites for hydroxylation is 2. The van der Waals surface area contributed by atoms with E-state index < -0.39 is 0 Å². The molecule has 2 amide bonds. The van der Waals surface area contributed by atoms with Crippen molar-refractivity contribution >= 4 is 18.1 Å². The first-order chi connectivity index (χ1) is 20.1. The molecule has 10 heteroatoms. The number of aldehydes is 1. The molecule has 0 heterocycles. The van der Waals surface area contributed by atoms with Crippen molar-refractivity contribution in [1.82, 2.24) is 20.9 Å². The second-order valence-corrected chi connectivity index (χ2v) is 10.1. The zero-order valence-corrected chi connectivity index (χ0v) is 25.7. The molecule has 3 N–H and O–H groups in total. The van der Waals surface area contributed by atoms with Gasteiger partial charge in [0.15, 0.2) is 0 Å². The third-order valence-corrected chi connectivity index (χ3v) is 6.79. The van der Waals surface area contributed by atoms with Crippen LogP contribution in [-0.2, 0) is 20.8 Å². The van der Waals surface area contributed by atoms with Crippen molar-refractivity contribution in [1.29, 1.82) is 0 Å². The topological polar surface area (TPSA) is 99.8 Å². The van der Waals surface area contributed by atoms with E-state index in [0.717, 1.165) is 36.7 Å². The van der Waals surface area contributed by atoms with Crippen molar-refractivity contribution in [2.24, 2.45) is 5.92 Å². The summed E-state index contributed by atoms with van der Waals surface area (Å²) < 4.78 is 31.2. The zero-order valence-electron chi connectivity index (χ0n) is 25.7. The van der Waals surface area contributed by atoms with Gasteiger partial charge in [0.1, 0.15) is 30.3 Å². The van der Waals surface area contributed by atoms with Gasteiger partial charge in [-0.25, -0.2) is 8.78 Å². The Morgan fingerprint density at radius 3 is 2.29 bits per heavy atom. The number of carbonyl (C=O) groups excluding carboxylic acids is 3. The van der Waals surface area contributed by atoms with Crippen LogP contribution in [0.1, 0.15) is 50.7 Å². The van der Waals surface area contributed by atoms with Crippen LogP contribution < -0.4 is 20.7 Å². The maximum atomic E-state index is 13.4. The van der Waals surface area contributed by atoms with Crippen LogP contribution in [0.25, 0.3) is 0 Å². The van der Waals surface area contributed by atoms with Crippen molar-refractivity contribution in [3.63, 3.8) is 0 Å². The van der Waals surface area contributed by atoms with Gasteiger partial charge in [0, 0.05) is 38.7 Å². The molecule has 234 valence electrons. The first kappa shape index (κ1) is 36.7. The highest BCUT2D eigenvalue weighted by molar-refractivity contribution is 5.79. The van der Waals surface area contributed by atoms with Crippen molar-refractivity contribution in [2.45, 2.75) is 58.9 Å². The Hall–Kier alpha value is -3.37. The number of halogens is 2. The summed E-state index contributed by atoms with van der Waals surface area (Å²) in [6.45, 7) is 8.08. The average molecular weight is 591 g/mol. The molecule has 8 nitrogen and oxygen atoms in total. The predicted molar refractivity (Wildman–Crippen MR) is 162 cm³/mol. The molecule has 1 aliphatic carbocycles. The molecule has 1 aliphatic rings. The van der Waals surface area contributed by atoms with Gasteiger partial charge >= 0.3 is 0 Å². The lowest BCUT2D eigenvalue weighted by molar-refractivity contribution is -0.132. The minimum Gasteiger partial charge on any atom is -0.492 e. The summed E-state index contributed by atoms with van der Waals surface area (Å²) in [6.07, 6.45) is 5.34. The molecule has 2 aromatic rings. The Morgan fingerprint density at radius 1 is 1.10 bits per heavy atom. The third kappa shape index (κ3) is 15.0. The molecule has 2 aromatic carbocycles. The largest absolute Gasteiger partial charge is 0.492 e. The minimum absolute atomic E-state index is 0.0270. The molecule has 42 heavy (non-hydrogen) atoms. The first-order valence-electron chi connectivity index (χ1n) is 14.6. The van der Waals surface area contributed by atoms with Crippen LogP contribution in [0.4, 0.5) is 8.78 Å². The van der Waals surface area contributed by atoms with Crippen molar-refractivity contribution in [3.8, 4) is 5.75 Å². The molecule has 0 aromatic heterocycles. The fourth-order valence-corrected chi connectivity index (χ4v) is 4.12. The van der Waals surface area contributed by atoms with E-state index in [9.17, 15) is 23.2 Å². The molecular weight excluding hydrogens is 542 g/mol. The highest BCUT2D eigenvalue weighted by Gasteiger charge is 2.29. The second kappa shape index (κ2) is 21.4. The lowest BCUT2D eigenvalue weighted by atomic mass is 9.78. The van der Waals surface area contributed by atoms with Crippen LogP contribution in [0, 0.1) is 24.5 Å². The Labute approximate surface area is 249 Å². The SMILES string of the molecule is CCNC(=O)CNC.CCc1ccc(F)cc1OCCNC(CC(=O)N(C)CC=O)C1CCC1.Cc1ccc(F)cc1. The van der Waals surface area contributed by atoms with Gasteiger partial charge in [0.2, 0.25) is 11.8 Å². The third-order valence-electron chi connectivity index (χ3n) is 6.79. The van der Waals surface area contributed by atoms with Crippen molar-refractivity contribution in [3.05, 3.63) is 65.2 Å². The van der Waals surface area contributed by atoms with Crippen LogP contribution >= 0.6 is 0 Å². The summed E-state index contributed by atoms with van der Waals surface area (Å²) >= 11 is 0. The second-order valence-electron chi connectivity index (χ2n) is 10.1. The van der Waals surface area contributed by atoms with Gasteiger partial charge in [0.05, 0.1) is 13.1 Å². The molecule has 0 bridgehead atoms. The Morgan fingerprint density at radius 2 is 1.76 bits per heavy atom. The van der Waals surface area contributed by atoms with E-state index >= 15 is 0 Å². The summed E-state index contributed by atoms with van der Waals surface area (Å²) in [4.78, 5) is 34.7. The maximum absolute atomic E-state index is 13.4. The van der Waals surface area contributed by atoms with Crippen LogP contribution in [0.2, 0.25) is 0 Å². The molecule has 0 radical (unpaired) electrons. The van der Waals surface area contributed by atoms with Gasteiger partial charge in [0.25, 0.3) is 0 Å². The van der Waals surface area contributed by atoms with E-state index in [0.29, 0.717) is 44.3 Å². The van der Waals surface area contributed by atoms with Gasteiger partial charge in [-0.15, -0.1) is 0 Å². The number of nitrogens with zero attached hydrogens (tertiary/aromatic N) is 1. The van der Waals surface area contributed by atoms with E-state index in [-0.39, 0.29) is 36.0 Å². The highest BCUT2D eigenvalue weighted by atomic mass is 19.1. The lowest BCUT2D eigenvalue weighted by Gasteiger charge is -2.35. The molecule has 0 spiro atoms. The van der Waals surface area contributed by atoms with E-state index in [4.69, 9.17) is 4.74 Å². The minimum atomic E-state index is -0.304. The summed E-state index contributed by atoms with van der Waals surface area (Å²) in [5, 5.41) is 8.80. The molecule has 1 unspecified atom stereocenters. The maximum Gasteiger partial charge on any atom is 0.233 e. The van der Waals surface area contributed by atoms with Gasteiger partial charge < -0.3 is 30.4 Å². The fraction of sp³-hybridized carbons (Fsp3) is 0.531. The molecule has 1 saturated carbocycles. The number of likely N-dealkylation sites (N-methyl/N-ethyl adjacent to an activating group) is 3. The van der Waals surface area contributed by atoms with Crippen LogP contribution in [0.15, 0.2) is 42.5 Å². The number of nitrogens with one attached hydrogen (secondary N) is 3. The van der Waals surface area contributed by atoms with E-state index in [1.54, 1.807) is 32.3 Å². The quantitative estimate of drug-likeness (QED) is 0.227. The number of hydrogen-bond donors (Lipinski definition) is 3. The van der Waals surface area contributed by atoms with Gasteiger partial charge in [-0.1, -0.05) is 37.1 Å². The molecule has 3 rings (SSSR count). The van der Waals surface area contributed by atoms with Gasteiger partial charge in [-0.3, -0.25) is 9.59 Å².